The number of benzene rings is 1. The van der Waals surface area contributed by atoms with Gasteiger partial charge in [0, 0.05) is 36.1 Å². The molecule has 35 heavy (non-hydrogen) atoms. The number of aromatic nitrogens is 2. The van der Waals surface area contributed by atoms with Gasteiger partial charge in [-0.3, -0.25) is 9.59 Å². The van der Waals surface area contributed by atoms with Crippen molar-refractivity contribution in [2.45, 2.75) is 39.2 Å². The highest BCUT2D eigenvalue weighted by Crippen LogP contribution is 2.22. The molecule has 4 rings (SSSR count). The summed E-state index contributed by atoms with van der Waals surface area (Å²) < 4.78 is 0. The number of hydrogen-bond donors (Lipinski definition) is 4. The molecule has 4 N–H and O–H groups in total. The van der Waals surface area contributed by atoms with E-state index < -0.39 is 0 Å². The van der Waals surface area contributed by atoms with E-state index in [-0.39, 0.29) is 35.7 Å². The molecule has 3 aromatic rings. The molecule has 0 radical (unpaired) electrons. The third kappa shape index (κ3) is 6.08. The van der Waals surface area contributed by atoms with Crippen molar-refractivity contribution in [2.75, 3.05) is 35.2 Å². The zero-order valence-corrected chi connectivity index (χ0v) is 20.3. The van der Waals surface area contributed by atoms with Crippen LogP contribution in [0.2, 0.25) is 0 Å². The molecular weight excluding hydrogens is 442 g/mol. The molecule has 1 aliphatic rings. The maximum atomic E-state index is 12.8. The van der Waals surface area contributed by atoms with E-state index in [2.05, 4.69) is 25.5 Å². The third-order valence-electron chi connectivity index (χ3n) is 6.38. The lowest BCUT2D eigenvalue weighted by Gasteiger charge is -2.28. The Morgan fingerprint density at radius 2 is 1.86 bits per heavy atom. The number of nitrogens with one attached hydrogen (secondary N) is 3. The van der Waals surface area contributed by atoms with Crippen molar-refractivity contribution in [3.8, 4) is 11.3 Å². The minimum atomic E-state index is -0.388. The molecule has 0 bridgehead atoms. The highest BCUT2D eigenvalue weighted by molar-refractivity contribution is 6.04. The summed E-state index contributed by atoms with van der Waals surface area (Å²) in [5, 5.41) is 15.6. The predicted molar refractivity (Wildman–Crippen MR) is 140 cm³/mol. The molecule has 1 aromatic carbocycles. The number of piperidine rings is 1. The summed E-state index contributed by atoms with van der Waals surface area (Å²) >= 11 is 0. The zero-order valence-electron chi connectivity index (χ0n) is 20.3. The number of H-pyrrole nitrogens is 1. The highest BCUT2D eigenvalue weighted by atomic mass is 16.3. The molecule has 8 nitrogen and oxygen atoms in total. The van der Waals surface area contributed by atoms with Gasteiger partial charge in [0.1, 0.15) is 11.5 Å². The van der Waals surface area contributed by atoms with Gasteiger partial charge in [0.15, 0.2) is 0 Å². The molecule has 1 amide bonds. The van der Waals surface area contributed by atoms with E-state index >= 15 is 0 Å². The fourth-order valence-electron chi connectivity index (χ4n) is 4.18. The van der Waals surface area contributed by atoms with Crippen LogP contribution in [-0.2, 0) is 0 Å². The van der Waals surface area contributed by atoms with Crippen molar-refractivity contribution in [3.05, 3.63) is 70.6 Å². The maximum Gasteiger partial charge on any atom is 0.271 e. The second-order valence-corrected chi connectivity index (χ2v) is 9.27. The average molecular weight is 476 g/mol. The molecular formula is C27H33N5O3. The van der Waals surface area contributed by atoms with Crippen LogP contribution in [0.3, 0.4) is 0 Å². The van der Waals surface area contributed by atoms with Crippen molar-refractivity contribution in [2.24, 2.45) is 5.92 Å². The van der Waals surface area contributed by atoms with Crippen molar-refractivity contribution < 1.29 is 9.90 Å². The number of aliphatic hydroxyl groups excluding tert-OH is 1. The molecule has 184 valence electrons. The van der Waals surface area contributed by atoms with Crippen molar-refractivity contribution in [1.82, 2.24) is 9.97 Å². The van der Waals surface area contributed by atoms with Gasteiger partial charge in [-0.1, -0.05) is 19.9 Å². The summed E-state index contributed by atoms with van der Waals surface area (Å²) in [5.74, 6) is 0.513. The fourth-order valence-corrected chi connectivity index (χ4v) is 4.18. The van der Waals surface area contributed by atoms with Crippen LogP contribution in [0.4, 0.5) is 17.2 Å². The van der Waals surface area contributed by atoms with Crippen LogP contribution in [0, 0.1) is 5.92 Å². The van der Waals surface area contributed by atoms with Crippen molar-refractivity contribution >= 4 is 23.1 Å². The Balaban J connectivity index is 1.49. The van der Waals surface area contributed by atoms with Gasteiger partial charge < -0.3 is 25.6 Å². The minimum absolute atomic E-state index is 0.00256. The number of nitrogens with zero attached hydrogens (tertiary/aromatic N) is 2. The molecule has 0 aliphatic carbocycles. The largest absolute Gasteiger partial charge is 0.394 e. The normalized spacial score (nSPS) is 14.6. The number of carbonyl (C=O) groups excluding carboxylic acids is 1. The van der Waals surface area contributed by atoms with Crippen LogP contribution in [0.15, 0.2) is 59.5 Å². The van der Waals surface area contributed by atoms with Crippen molar-refractivity contribution in [3.63, 3.8) is 0 Å². The number of anilines is 3. The quantitative estimate of drug-likeness (QED) is 0.390. The Morgan fingerprint density at radius 3 is 2.54 bits per heavy atom. The second kappa shape index (κ2) is 11.2. The summed E-state index contributed by atoms with van der Waals surface area (Å²) in [6.07, 6.45) is 5.22. The van der Waals surface area contributed by atoms with Gasteiger partial charge >= 0.3 is 0 Å². The predicted octanol–water partition coefficient (Wildman–Crippen LogP) is 4.11. The summed E-state index contributed by atoms with van der Waals surface area (Å²) in [7, 11) is 0. The molecule has 3 heterocycles. The molecule has 1 atom stereocenters. The summed E-state index contributed by atoms with van der Waals surface area (Å²) in [6.45, 7) is 6.12. The number of carbonyl (C=O) groups is 1. The van der Waals surface area contributed by atoms with Gasteiger partial charge in [0.05, 0.1) is 18.3 Å². The first-order chi connectivity index (χ1) is 16.9. The minimum Gasteiger partial charge on any atom is -0.394 e. The van der Waals surface area contributed by atoms with E-state index in [1.807, 2.05) is 44.2 Å². The first-order valence-electron chi connectivity index (χ1n) is 12.2. The SMILES string of the molecule is CC(C)[C@H](CO)Nc1cccc(-c2c[nH]c(=O)c(NC(=O)c3ccc(N4CCCCC4)cc3)c2)n1. The topological polar surface area (TPSA) is 110 Å². The standard InChI is InChI=1S/C27H33N5O3/c1-18(2)24(17-33)30-25-8-6-7-22(29-25)20-15-23(27(35)28-16-20)31-26(34)19-9-11-21(12-10-19)32-13-4-3-5-14-32/h6-12,15-16,18,24,33H,3-5,13-14,17H2,1-2H3,(H,28,35)(H,29,30)(H,31,34)/t24-/m0/s1. The number of aliphatic hydroxyl groups is 1. The molecule has 2 aromatic heterocycles. The first-order valence-corrected chi connectivity index (χ1v) is 12.2. The van der Waals surface area contributed by atoms with Gasteiger partial charge in [-0.05, 0) is 67.6 Å². The number of aromatic amines is 1. The number of rotatable bonds is 8. The van der Waals surface area contributed by atoms with Crippen molar-refractivity contribution in [1.29, 1.82) is 0 Å². The number of hydrogen-bond acceptors (Lipinski definition) is 6. The van der Waals surface area contributed by atoms with Gasteiger partial charge in [0.2, 0.25) is 0 Å². The molecule has 0 unspecified atom stereocenters. The molecule has 1 saturated heterocycles. The van der Waals surface area contributed by atoms with E-state index in [0.29, 0.717) is 22.6 Å². The molecule has 0 spiro atoms. The fraction of sp³-hybridized carbons (Fsp3) is 0.370. The summed E-state index contributed by atoms with van der Waals surface area (Å²) in [4.78, 5) is 34.9. The lowest BCUT2D eigenvalue weighted by atomic mass is 10.1. The Hall–Kier alpha value is -3.65. The van der Waals surface area contributed by atoms with Gasteiger partial charge in [-0.2, -0.15) is 0 Å². The Morgan fingerprint density at radius 1 is 1.11 bits per heavy atom. The van der Waals surface area contributed by atoms with E-state index in [1.165, 1.54) is 19.3 Å². The van der Waals surface area contributed by atoms with Gasteiger partial charge in [0.25, 0.3) is 11.5 Å². The first kappa shape index (κ1) is 24.5. The Labute approximate surface area is 205 Å². The smallest absolute Gasteiger partial charge is 0.271 e. The maximum absolute atomic E-state index is 12.8. The number of amides is 1. The van der Waals surface area contributed by atoms with Crippen LogP contribution in [0.25, 0.3) is 11.3 Å². The monoisotopic (exact) mass is 475 g/mol. The Kier molecular flexibility index (Phi) is 7.82. The lowest BCUT2D eigenvalue weighted by Crippen LogP contribution is -2.29. The molecule has 1 aliphatic heterocycles. The van der Waals surface area contributed by atoms with E-state index in [0.717, 1.165) is 18.8 Å². The zero-order chi connectivity index (χ0) is 24.8. The second-order valence-electron chi connectivity index (χ2n) is 9.27. The van der Waals surface area contributed by atoms with E-state index in [9.17, 15) is 14.7 Å². The summed E-state index contributed by atoms with van der Waals surface area (Å²) in [6, 6.07) is 14.5. The summed E-state index contributed by atoms with van der Waals surface area (Å²) in [5.41, 5.74) is 2.66. The van der Waals surface area contributed by atoms with Crippen LogP contribution in [-0.4, -0.2) is 46.7 Å². The number of pyridine rings is 2. The van der Waals surface area contributed by atoms with Crippen LogP contribution in [0.5, 0.6) is 0 Å². The van der Waals surface area contributed by atoms with Crippen LogP contribution < -0.4 is 21.1 Å². The third-order valence-corrected chi connectivity index (χ3v) is 6.38. The van der Waals surface area contributed by atoms with Gasteiger partial charge in [-0.25, -0.2) is 4.98 Å². The molecule has 0 saturated carbocycles. The molecule has 1 fully saturated rings. The lowest BCUT2D eigenvalue weighted by molar-refractivity contribution is 0.102. The van der Waals surface area contributed by atoms with E-state index in [4.69, 9.17) is 0 Å². The van der Waals surface area contributed by atoms with Crippen LogP contribution in [0.1, 0.15) is 43.5 Å². The average Bonchev–Trinajstić information content (AvgIpc) is 2.89. The van der Waals surface area contributed by atoms with Crippen LogP contribution >= 0.6 is 0 Å². The molecule has 8 heteroatoms. The highest BCUT2D eigenvalue weighted by Gasteiger charge is 2.15. The Bertz CT molecular complexity index is 1200. The van der Waals surface area contributed by atoms with E-state index in [1.54, 1.807) is 24.4 Å². The van der Waals surface area contributed by atoms with Gasteiger partial charge in [-0.15, -0.1) is 0 Å².